The Hall–Kier alpha value is -6.39. The highest BCUT2D eigenvalue weighted by Crippen LogP contribution is 2.49. The highest BCUT2D eigenvalue weighted by atomic mass is 16.3. The molecule has 0 bridgehead atoms. The number of nitrogens with zero attached hydrogens (tertiary/aromatic N) is 3. The first-order chi connectivity index (χ1) is 24.5. The molecule has 2 aromatic heterocycles. The third-order valence-corrected chi connectivity index (χ3v) is 10.3. The first kappa shape index (κ1) is 28.6. The van der Waals surface area contributed by atoms with E-state index in [1.807, 2.05) is 30.3 Å². The smallest absolute Gasteiger partial charge is 0.164 e. The van der Waals surface area contributed by atoms with E-state index in [1.165, 1.54) is 38.6 Å². The summed E-state index contributed by atoms with van der Waals surface area (Å²) in [5.41, 5.74) is 11.8. The van der Waals surface area contributed by atoms with Gasteiger partial charge in [-0.05, 0) is 68.4 Å². The van der Waals surface area contributed by atoms with Crippen molar-refractivity contribution >= 4 is 32.7 Å². The molecule has 50 heavy (non-hydrogen) atoms. The Morgan fingerprint density at radius 1 is 0.420 bits per heavy atom. The molecule has 0 N–H and O–H groups in total. The Labute approximate surface area is 289 Å². The lowest BCUT2D eigenvalue weighted by atomic mass is 9.82. The van der Waals surface area contributed by atoms with Crippen LogP contribution in [0.5, 0.6) is 0 Å². The van der Waals surface area contributed by atoms with Gasteiger partial charge in [0.05, 0.1) is 0 Å². The van der Waals surface area contributed by atoms with Crippen LogP contribution in [0.2, 0.25) is 0 Å². The summed E-state index contributed by atoms with van der Waals surface area (Å²) in [5.74, 6) is 1.88. The predicted molar refractivity (Wildman–Crippen MR) is 204 cm³/mol. The maximum atomic E-state index is 6.26. The van der Waals surface area contributed by atoms with Crippen LogP contribution < -0.4 is 0 Å². The van der Waals surface area contributed by atoms with E-state index in [2.05, 4.69) is 135 Å². The van der Waals surface area contributed by atoms with Crippen LogP contribution in [-0.4, -0.2) is 15.0 Å². The Morgan fingerprint density at radius 2 is 1.04 bits per heavy atom. The summed E-state index contributed by atoms with van der Waals surface area (Å²) in [7, 11) is 0. The van der Waals surface area contributed by atoms with E-state index in [9.17, 15) is 0 Å². The molecule has 0 aliphatic heterocycles. The lowest BCUT2D eigenvalue weighted by Crippen LogP contribution is -2.15. The van der Waals surface area contributed by atoms with Gasteiger partial charge >= 0.3 is 0 Å². The van der Waals surface area contributed by atoms with Gasteiger partial charge in [0.1, 0.15) is 11.2 Å². The van der Waals surface area contributed by atoms with E-state index in [4.69, 9.17) is 19.4 Å². The highest BCUT2D eigenvalue weighted by molar-refractivity contribution is 6.11. The van der Waals surface area contributed by atoms with Gasteiger partial charge < -0.3 is 4.42 Å². The Bertz CT molecular complexity index is 2790. The van der Waals surface area contributed by atoms with Crippen LogP contribution in [-0.2, 0) is 5.41 Å². The van der Waals surface area contributed by atoms with E-state index >= 15 is 0 Å². The van der Waals surface area contributed by atoms with E-state index in [-0.39, 0.29) is 5.41 Å². The van der Waals surface area contributed by atoms with Gasteiger partial charge in [-0.25, -0.2) is 15.0 Å². The highest BCUT2D eigenvalue weighted by Gasteiger charge is 2.35. The molecule has 1 aliphatic rings. The molecule has 0 saturated heterocycles. The summed E-state index contributed by atoms with van der Waals surface area (Å²) in [6.45, 7) is 4.60. The van der Waals surface area contributed by atoms with Crippen molar-refractivity contribution in [1.82, 2.24) is 15.0 Å². The number of fused-ring (bicyclic) bond motifs is 7. The van der Waals surface area contributed by atoms with E-state index < -0.39 is 0 Å². The second-order valence-corrected chi connectivity index (χ2v) is 13.7. The number of para-hydroxylation sites is 1. The predicted octanol–water partition coefficient (Wildman–Crippen LogP) is 11.9. The average molecular weight is 642 g/mol. The zero-order valence-electron chi connectivity index (χ0n) is 27.7. The largest absolute Gasteiger partial charge is 0.456 e. The van der Waals surface area contributed by atoms with Crippen molar-refractivity contribution < 1.29 is 4.42 Å². The minimum Gasteiger partial charge on any atom is -0.456 e. The van der Waals surface area contributed by atoms with Gasteiger partial charge in [0.25, 0.3) is 0 Å². The molecule has 0 radical (unpaired) electrons. The third kappa shape index (κ3) is 4.42. The van der Waals surface area contributed by atoms with Crippen LogP contribution >= 0.6 is 0 Å². The van der Waals surface area contributed by atoms with Crippen molar-refractivity contribution in [3.8, 4) is 56.4 Å². The summed E-state index contributed by atoms with van der Waals surface area (Å²) in [6, 6.07) is 53.2. The summed E-state index contributed by atoms with van der Waals surface area (Å²) in [6.07, 6.45) is 0. The first-order valence-electron chi connectivity index (χ1n) is 17.0. The van der Waals surface area contributed by atoms with E-state index in [0.29, 0.717) is 17.5 Å². The van der Waals surface area contributed by atoms with Crippen molar-refractivity contribution in [2.24, 2.45) is 0 Å². The standard InChI is InChI=1S/C46H31N3O/c1-46(2)38-15-7-5-12-34(38)35-25-24-33(27-39(35)46)44-47-43(30-21-18-29(19-22-30)32-23-20-28-10-3-4-11-31(28)26-32)48-45(49-44)37-14-9-17-41-42(37)36-13-6-8-16-40(36)50-41/h3-27H,1-2H3. The summed E-state index contributed by atoms with van der Waals surface area (Å²) >= 11 is 0. The molecule has 2 heterocycles. The number of benzene rings is 7. The minimum atomic E-state index is -0.138. The van der Waals surface area contributed by atoms with Crippen molar-refractivity contribution in [2.45, 2.75) is 19.3 Å². The molecule has 9 aromatic rings. The quantitative estimate of drug-likeness (QED) is 0.192. The minimum absolute atomic E-state index is 0.138. The molecule has 7 aromatic carbocycles. The molecule has 236 valence electrons. The molecule has 4 nitrogen and oxygen atoms in total. The summed E-state index contributed by atoms with van der Waals surface area (Å²) in [4.78, 5) is 15.5. The second-order valence-electron chi connectivity index (χ2n) is 13.7. The van der Waals surface area contributed by atoms with Crippen molar-refractivity contribution in [1.29, 1.82) is 0 Å². The van der Waals surface area contributed by atoms with Crippen LogP contribution in [0.3, 0.4) is 0 Å². The number of aromatic nitrogens is 3. The van der Waals surface area contributed by atoms with Gasteiger partial charge in [-0.3, -0.25) is 0 Å². The Morgan fingerprint density at radius 3 is 1.92 bits per heavy atom. The molecule has 0 saturated carbocycles. The number of hydrogen-bond acceptors (Lipinski definition) is 4. The molecular formula is C46H31N3O. The summed E-state index contributed by atoms with van der Waals surface area (Å²) < 4.78 is 6.26. The van der Waals surface area contributed by atoms with Crippen LogP contribution in [0.15, 0.2) is 156 Å². The number of rotatable bonds is 4. The van der Waals surface area contributed by atoms with Crippen molar-refractivity contribution in [2.75, 3.05) is 0 Å². The monoisotopic (exact) mass is 641 g/mol. The fourth-order valence-electron chi connectivity index (χ4n) is 7.74. The molecule has 0 atom stereocenters. The molecule has 0 fully saturated rings. The second kappa shape index (κ2) is 10.8. The van der Waals surface area contributed by atoms with Crippen molar-refractivity contribution in [3.05, 3.63) is 163 Å². The topological polar surface area (TPSA) is 51.8 Å². The first-order valence-corrected chi connectivity index (χ1v) is 17.0. The maximum absolute atomic E-state index is 6.26. The summed E-state index contributed by atoms with van der Waals surface area (Å²) in [5, 5.41) is 4.50. The lowest BCUT2D eigenvalue weighted by molar-refractivity contribution is 0.660. The molecule has 0 amide bonds. The van der Waals surface area contributed by atoms with Gasteiger partial charge in [0, 0.05) is 32.9 Å². The van der Waals surface area contributed by atoms with Gasteiger partial charge in [0.15, 0.2) is 17.5 Å². The fraction of sp³-hybridized carbons (Fsp3) is 0.0652. The number of hydrogen-bond donors (Lipinski definition) is 0. The van der Waals surface area contributed by atoms with Crippen LogP contribution in [0, 0.1) is 0 Å². The molecular weight excluding hydrogens is 611 g/mol. The Kier molecular flexibility index (Phi) is 6.19. The molecule has 0 spiro atoms. The molecule has 10 rings (SSSR count). The van der Waals surface area contributed by atoms with Crippen LogP contribution in [0.25, 0.3) is 89.1 Å². The normalized spacial score (nSPS) is 13.2. The average Bonchev–Trinajstić information content (AvgIpc) is 3.66. The third-order valence-electron chi connectivity index (χ3n) is 10.3. The zero-order chi connectivity index (χ0) is 33.4. The van der Waals surface area contributed by atoms with Gasteiger partial charge in [-0.1, -0.05) is 141 Å². The molecule has 1 aliphatic carbocycles. The van der Waals surface area contributed by atoms with Crippen LogP contribution in [0.1, 0.15) is 25.0 Å². The lowest BCUT2D eigenvalue weighted by Gasteiger charge is -2.21. The van der Waals surface area contributed by atoms with E-state index in [0.717, 1.165) is 44.2 Å². The van der Waals surface area contributed by atoms with Gasteiger partial charge in [0.2, 0.25) is 0 Å². The molecule has 0 unspecified atom stereocenters. The SMILES string of the molecule is CC1(C)c2ccccc2-c2ccc(-c3nc(-c4ccc(-c5ccc6ccccc6c5)cc4)nc(-c4cccc5oc6ccccc6c45)n3)cc21. The fourth-order valence-corrected chi connectivity index (χ4v) is 7.74. The van der Waals surface area contributed by atoms with E-state index in [1.54, 1.807) is 0 Å². The van der Waals surface area contributed by atoms with Gasteiger partial charge in [-0.15, -0.1) is 0 Å². The van der Waals surface area contributed by atoms with Gasteiger partial charge in [-0.2, -0.15) is 0 Å². The number of furan rings is 1. The molecule has 4 heteroatoms. The zero-order valence-corrected chi connectivity index (χ0v) is 27.7. The maximum Gasteiger partial charge on any atom is 0.164 e. The van der Waals surface area contributed by atoms with Crippen LogP contribution in [0.4, 0.5) is 0 Å². The Balaban J connectivity index is 1.14. The van der Waals surface area contributed by atoms with Crippen molar-refractivity contribution in [3.63, 3.8) is 0 Å².